The van der Waals surface area contributed by atoms with Crippen LogP contribution in [-0.2, 0) is 4.79 Å². The Hall–Kier alpha value is -1.45. The van der Waals surface area contributed by atoms with Gasteiger partial charge in [0.25, 0.3) is 0 Å². The quantitative estimate of drug-likeness (QED) is 0.577. The van der Waals surface area contributed by atoms with Gasteiger partial charge in [0.05, 0.1) is 0 Å². The van der Waals surface area contributed by atoms with E-state index in [-0.39, 0.29) is 11.6 Å². The van der Waals surface area contributed by atoms with Crippen molar-refractivity contribution in [3.8, 4) is 0 Å². The molecule has 0 aliphatic heterocycles. The molecule has 1 unspecified atom stereocenters. The van der Waals surface area contributed by atoms with Gasteiger partial charge >= 0.3 is 0 Å². The Morgan fingerprint density at radius 2 is 2.18 bits per heavy atom. The number of carbonyl (C=O) groups excluding carboxylic acids is 1. The molecule has 0 aromatic rings. The Balaban J connectivity index is 2.99. The fourth-order valence-electron chi connectivity index (χ4n) is 0.901. The van der Waals surface area contributed by atoms with Gasteiger partial charge < -0.3 is 5.11 Å². The van der Waals surface area contributed by atoms with E-state index in [1.807, 2.05) is 0 Å². The number of nitrogens with zero attached hydrogens (tertiary/aromatic N) is 1. The van der Waals surface area contributed by atoms with Crippen LogP contribution in [0.25, 0.3) is 0 Å². The first-order chi connectivity index (χ1) is 5.15. The van der Waals surface area contributed by atoms with E-state index in [2.05, 4.69) is 5.18 Å². The largest absolute Gasteiger partial charge is 0.504 e. The number of Topliss-reactive ketones (excluding diaryl/α,β-unsaturated/α-hetero) is 1. The topological polar surface area (TPSA) is 66.7 Å². The van der Waals surface area contributed by atoms with Crippen molar-refractivity contribution in [3.05, 3.63) is 28.5 Å². The second-order valence-electron chi connectivity index (χ2n) is 2.38. The van der Waals surface area contributed by atoms with Crippen LogP contribution in [0.3, 0.4) is 0 Å². The van der Waals surface area contributed by atoms with Crippen LogP contribution in [0, 0.1) is 10.8 Å². The lowest BCUT2D eigenvalue weighted by Gasteiger charge is -2.07. The average molecular weight is 153 g/mol. The fraction of sp³-hybridized carbons (Fsp3) is 0.286. The summed E-state index contributed by atoms with van der Waals surface area (Å²) in [6, 6.07) is 0. The highest BCUT2D eigenvalue weighted by Crippen LogP contribution is 2.17. The lowest BCUT2D eigenvalue weighted by Crippen LogP contribution is -2.11. The Morgan fingerprint density at radius 3 is 2.73 bits per heavy atom. The Kier molecular flexibility index (Phi) is 1.85. The summed E-state index contributed by atoms with van der Waals surface area (Å²) in [7, 11) is 0. The van der Waals surface area contributed by atoms with E-state index >= 15 is 0 Å². The summed E-state index contributed by atoms with van der Waals surface area (Å²) in [5.41, 5.74) is -0.211. The third-order valence-corrected chi connectivity index (χ3v) is 1.41. The van der Waals surface area contributed by atoms with Gasteiger partial charge in [0.1, 0.15) is 0 Å². The zero-order valence-electron chi connectivity index (χ0n) is 5.94. The molecule has 0 heterocycles. The smallest absolute Gasteiger partial charge is 0.248 e. The Bertz CT molecular complexity index is 265. The van der Waals surface area contributed by atoms with Crippen molar-refractivity contribution in [3.63, 3.8) is 0 Å². The molecule has 1 N–H and O–H groups in total. The molecule has 1 atom stereocenters. The molecule has 0 bridgehead atoms. The molecule has 58 valence electrons. The minimum absolute atomic E-state index is 0.111. The van der Waals surface area contributed by atoms with Gasteiger partial charge in [-0.1, -0.05) is 6.92 Å². The first-order valence-corrected chi connectivity index (χ1v) is 3.16. The number of aliphatic hydroxyl groups is 1. The summed E-state index contributed by atoms with van der Waals surface area (Å²) in [6.07, 6.45) is 2.78. The highest BCUT2D eigenvalue weighted by Gasteiger charge is 2.20. The van der Waals surface area contributed by atoms with Crippen molar-refractivity contribution >= 4 is 5.78 Å². The predicted molar refractivity (Wildman–Crippen MR) is 38.8 cm³/mol. The van der Waals surface area contributed by atoms with Crippen molar-refractivity contribution in [2.24, 2.45) is 11.1 Å². The highest BCUT2D eigenvalue weighted by atomic mass is 16.3. The van der Waals surface area contributed by atoms with Crippen molar-refractivity contribution in [1.29, 1.82) is 0 Å². The Morgan fingerprint density at radius 1 is 1.55 bits per heavy atom. The molecular formula is C7H7NO3. The number of carbonyl (C=O) groups is 1. The summed E-state index contributed by atoms with van der Waals surface area (Å²) in [5.74, 6) is -1.20. The second kappa shape index (κ2) is 2.65. The lowest BCUT2D eigenvalue weighted by atomic mass is 10.0. The number of hydrogen-bond acceptors (Lipinski definition) is 4. The number of nitroso groups, excluding NO2 is 1. The molecule has 0 saturated carbocycles. The molecule has 1 aliphatic rings. The van der Waals surface area contributed by atoms with Gasteiger partial charge in [-0.2, -0.15) is 0 Å². The molecule has 11 heavy (non-hydrogen) atoms. The van der Waals surface area contributed by atoms with E-state index in [1.54, 1.807) is 6.92 Å². The maximum absolute atomic E-state index is 10.8. The summed E-state index contributed by atoms with van der Waals surface area (Å²) in [6.45, 7) is 1.74. The summed E-state index contributed by atoms with van der Waals surface area (Å²) in [4.78, 5) is 20.8. The maximum atomic E-state index is 10.8. The molecular weight excluding hydrogens is 146 g/mol. The van der Waals surface area contributed by atoms with Gasteiger partial charge in [0.2, 0.25) is 5.78 Å². The maximum Gasteiger partial charge on any atom is 0.248 e. The summed E-state index contributed by atoms with van der Waals surface area (Å²) < 4.78 is 0. The van der Waals surface area contributed by atoms with Crippen LogP contribution in [0.1, 0.15) is 6.92 Å². The number of ketones is 1. The Labute approximate surface area is 63.2 Å². The highest BCUT2D eigenvalue weighted by molar-refractivity contribution is 6.07. The predicted octanol–water partition coefficient (Wildman–Crippen LogP) is 1.30. The number of hydrogen-bond donors (Lipinski definition) is 1. The third kappa shape index (κ3) is 1.34. The molecule has 0 aromatic heterocycles. The normalized spacial score (nSPS) is 24.1. The van der Waals surface area contributed by atoms with Crippen molar-refractivity contribution in [1.82, 2.24) is 0 Å². The van der Waals surface area contributed by atoms with Crippen LogP contribution in [0.5, 0.6) is 0 Å². The first kappa shape index (κ1) is 7.65. The summed E-state index contributed by atoms with van der Waals surface area (Å²) in [5, 5.41) is 11.4. The van der Waals surface area contributed by atoms with Gasteiger partial charge in [0, 0.05) is 0 Å². The number of rotatable bonds is 1. The van der Waals surface area contributed by atoms with Crippen LogP contribution in [0.15, 0.2) is 28.8 Å². The molecule has 0 amide bonds. The minimum Gasteiger partial charge on any atom is -0.504 e. The van der Waals surface area contributed by atoms with E-state index in [9.17, 15) is 9.70 Å². The van der Waals surface area contributed by atoms with Crippen LogP contribution < -0.4 is 0 Å². The molecule has 1 rings (SSSR count). The number of aliphatic hydroxyl groups excluding tert-OH is 1. The fourth-order valence-corrected chi connectivity index (χ4v) is 0.901. The lowest BCUT2D eigenvalue weighted by molar-refractivity contribution is -0.114. The zero-order valence-corrected chi connectivity index (χ0v) is 5.94. The monoisotopic (exact) mass is 153 g/mol. The van der Waals surface area contributed by atoms with Gasteiger partial charge in [-0.05, 0) is 23.2 Å². The standard InChI is InChI=1S/C7H7NO3/c1-4-2-5(8-11)7(10)6(9)3-4/h2-4,9H,1H3. The van der Waals surface area contributed by atoms with Gasteiger partial charge in [0.15, 0.2) is 11.5 Å². The molecule has 0 spiro atoms. The molecule has 0 aromatic carbocycles. The average Bonchev–Trinajstić information content (AvgIpc) is 1.96. The molecule has 4 heteroatoms. The molecule has 0 fully saturated rings. The van der Waals surface area contributed by atoms with Crippen molar-refractivity contribution in [2.45, 2.75) is 6.92 Å². The zero-order chi connectivity index (χ0) is 8.43. The molecule has 4 nitrogen and oxygen atoms in total. The van der Waals surface area contributed by atoms with Gasteiger partial charge in [-0.25, -0.2) is 0 Å². The van der Waals surface area contributed by atoms with E-state index in [0.717, 1.165) is 0 Å². The van der Waals surface area contributed by atoms with Crippen LogP contribution in [0.4, 0.5) is 0 Å². The van der Waals surface area contributed by atoms with Crippen LogP contribution >= 0.6 is 0 Å². The summed E-state index contributed by atoms with van der Waals surface area (Å²) >= 11 is 0. The van der Waals surface area contributed by atoms with Gasteiger partial charge in [-0.3, -0.25) is 4.79 Å². The molecule has 0 radical (unpaired) electrons. The molecule has 0 saturated heterocycles. The number of allylic oxidation sites excluding steroid dienone is 2. The molecule has 1 aliphatic carbocycles. The van der Waals surface area contributed by atoms with E-state index < -0.39 is 11.5 Å². The second-order valence-corrected chi connectivity index (χ2v) is 2.38. The van der Waals surface area contributed by atoms with Gasteiger partial charge in [-0.15, -0.1) is 4.91 Å². The minimum atomic E-state index is -0.696. The van der Waals surface area contributed by atoms with Crippen LogP contribution in [0.2, 0.25) is 0 Å². The third-order valence-electron chi connectivity index (χ3n) is 1.41. The van der Waals surface area contributed by atoms with E-state index in [1.165, 1.54) is 12.2 Å². The van der Waals surface area contributed by atoms with Crippen LogP contribution in [-0.4, -0.2) is 10.9 Å². The first-order valence-electron chi connectivity index (χ1n) is 3.16. The SMILES string of the molecule is CC1C=C(O)C(=O)C(N=O)=C1. The van der Waals surface area contributed by atoms with Crippen molar-refractivity contribution < 1.29 is 9.90 Å². The van der Waals surface area contributed by atoms with E-state index in [4.69, 9.17) is 5.11 Å². The van der Waals surface area contributed by atoms with E-state index in [0.29, 0.717) is 0 Å². The van der Waals surface area contributed by atoms with Crippen molar-refractivity contribution in [2.75, 3.05) is 0 Å².